The van der Waals surface area contributed by atoms with E-state index in [0.29, 0.717) is 0 Å². The third-order valence-electron chi connectivity index (χ3n) is 0.993. The zero-order valence-electron chi connectivity index (χ0n) is 6.36. The third-order valence-corrected chi connectivity index (χ3v) is 0.993. The van der Waals surface area contributed by atoms with Gasteiger partial charge in [-0.05, 0) is 6.92 Å². The van der Waals surface area contributed by atoms with E-state index in [1.165, 1.54) is 12.2 Å². The van der Waals surface area contributed by atoms with Gasteiger partial charge in [0.15, 0.2) is 0 Å². The van der Waals surface area contributed by atoms with Crippen molar-refractivity contribution in [2.24, 2.45) is 0 Å². The van der Waals surface area contributed by atoms with Crippen molar-refractivity contribution in [2.45, 2.75) is 13.0 Å². The molecule has 11 heavy (non-hydrogen) atoms. The van der Waals surface area contributed by atoms with Crippen LogP contribution in [0.4, 0.5) is 0 Å². The fourth-order valence-electron chi connectivity index (χ4n) is 0.472. The predicted octanol–water partition coefficient (Wildman–Crippen LogP) is -0.541. The monoisotopic (exact) mass is 160 g/mol. The Morgan fingerprint density at radius 2 is 2.09 bits per heavy atom. The summed E-state index contributed by atoms with van der Waals surface area (Å²) in [6.07, 6.45) is 1.94. The van der Waals surface area contributed by atoms with Gasteiger partial charge in [-0.3, -0.25) is 0 Å². The molecule has 0 aliphatic heterocycles. The van der Waals surface area contributed by atoms with Crippen molar-refractivity contribution < 1.29 is 19.7 Å². The van der Waals surface area contributed by atoms with E-state index in [2.05, 4.69) is 4.74 Å². The van der Waals surface area contributed by atoms with E-state index in [0.717, 1.165) is 0 Å². The van der Waals surface area contributed by atoms with E-state index in [1.54, 1.807) is 6.92 Å². The number of carbonyl (C=O) groups is 1. The minimum Gasteiger partial charge on any atom is -0.454 e. The van der Waals surface area contributed by atoms with Gasteiger partial charge in [0.1, 0.15) is 6.10 Å². The highest BCUT2D eigenvalue weighted by Gasteiger charge is 2.08. The van der Waals surface area contributed by atoms with Gasteiger partial charge in [-0.25, -0.2) is 4.79 Å². The first-order chi connectivity index (χ1) is 5.24. The molecule has 0 spiro atoms. The number of aliphatic hydroxyl groups excluding tert-OH is 2. The third kappa shape index (κ3) is 4.52. The summed E-state index contributed by atoms with van der Waals surface area (Å²) in [5.74, 6) is -0.555. The van der Waals surface area contributed by atoms with Crippen LogP contribution in [0.5, 0.6) is 0 Å². The molecule has 0 radical (unpaired) electrons. The lowest BCUT2D eigenvalue weighted by molar-refractivity contribution is -0.147. The first-order valence-corrected chi connectivity index (χ1v) is 3.29. The Morgan fingerprint density at radius 3 is 2.45 bits per heavy atom. The fourth-order valence-corrected chi connectivity index (χ4v) is 0.472. The highest BCUT2D eigenvalue weighted by Crippen LogP contribution is 1.91. The molecule has 64 valence electrons. The molecule has 0 rings (SSSR count). The van der Waals surface area contributed by atoms with Crippen molar-refractivity contribution >= 4 is 5.97 Å². The summed E-state index contributed by atoms with van der Waals surface area (Å²) in [7, 11) is 0. The normalized spacial score (nSPS) is 10.9. The number of ether oxygens (including phenoxy) is 1. The molecule has 4 heteroatoms. The number of aliphatic hydroxyl groups is 2. The van der Waals surface area contributed by atoms with E-state index in [-0.39, 0.29) is 13.2 Å². The van der Waals surface area contributed by atoms with Crippen molar-refractivity contribution in [1.82, 2.24) is 0 Å². The zero-order valence-corrected chi connectivity index (χ0v) is 6.36. The van der Waals surface area contributed by atoms with Crippen molar-refractivity contribution in [3.8, 4) is 0 Å². The molecule has 0 aliphatic rings. The maximum atomic E-state index is 10.6. The van der Waals surface area contributed by atoms with E-state index in [1.807, 2.05) is 0 Å². The van der Waals surface area contributed by atoms with Gasteiger partial charge in [0, 0.05) is 6.08 Å². The molecule has 0 saturated heterocycles. The molecule has 0 aliphatic carbocycles. The molecule has 0 aromatic carbocycles. The van der Waals surface area contributed by atoms with Crippen molar-refractivity contribution in [1.29, 1.82) is 0 Å². The average Bonchev–Trinajstić information content (AvgIpc) is 2.01. The largest absolute Gasteiger partial charge is 0.454 e. The van der Waals surface area contributed by atoms with Crippen molar-refractivity contribution in [2.75, 3.05) is 13.2 Å². The lowest BCUT2D eigenvalue weighted by atomic mass is 10.4. The molecule has 0 fully saturated rings. The van der Waals surface area contributed by atoms with Gasteiger partial charge in [-0.15, -0.1) is 0 Å². The van der Waals surface area contributed by atoms with E-state index in [9.17, 15) is 4.79 Å². The molecule has 0 atom stereocenters. The van der Waals surface area contributed by atoms with Crippen LogP contribution in [-0.4, -0.2) is 35.5 Å². The van der Waals surface area contributed by atoms with Gasteiger partial charge < -0.3 is 14.9 Å². The summed E-state index contributed by atoms with van der Waals surface area (Å²) in [4.78, 5) is 10.6. The molecule has 0 aromatic rings. The molecule has 0 heterocycles. The molecule has 2 N–H and O–H groups in total. The van der Waals surface area contributed by atoms with Crippen LogP contribution in [0.3, 0.4) is 0 Å². The Balaban J connectivity index is 3.71. The maximum Gasteiger partial charge on any atom is 0.330 e. The molecule has 0 bridgehead atoms. The molecular formula is C7H12O4. The topological polar surface area (TPSA) is 66.8 Å². The molecule has 4 nitrogen and oxygen atoms in total. The summed E-state index contributed by atoms with van der Waals surface area (Å²) in [6, 6.07) is 0. The number of rotatable bonds is 4. The second-order valence-corrected chi connectivity index (χ2v) is 1.92. The van der Waals surface area contributed by atoms with Crippen LogP contribution in [0.15, 0.2) is 12.2 Å². The van der Waals surface area contributed by atoms with Crippen LogP contribution >= 0.6 is 0 Å². The Morgan fingerprint density at radius 1 is 1.55 bits per heavy atom. The highest BCUT2D eigenvalue weighted by molar-refractivity contribution is 5.81. The first-order valence-electron chi connectivity index (χ1n) is 3.29. The second-order valence-electron chi connectivity index (χ2n) is 1.92. The Kier molecular flexibility index (Phi) is 5.42. The molecular weight excluding hydrogens is 148 g/mol. The highest BCUT2D eigenvalue weighted by atomic mass is 16.6. The van der Waals surface area contributed by atoms with Crippen LogP contribution < -0.4 is 0 Å². The SMILES string of the molecule is CC=CC(=O)OC(CO)CO. The zero-order chi connectivity index (χ0) is 8.69. The number of carbonyl (C=O) groups excluding carboxylic acids is 1. The number of allylic oxidation sites excluding steroid dienone is 1. The van der Waals surface area contributed by atoms with Crippen LogP contribution in [-0.2, 0) is 9.53 Å². The van der Waals surface area contributed by atoms with E-state index in [4.69, 9.17) is 10.2 Å². The standard InChI is InChI=1S/C7H12O4/c1-2-3-7(10)11-6(4-8)5-9/h2-3,6,8-9H,4-5H2,1H3. The number of hydrogen-bond acceptors (Lipinski definition) is 4. The predicted molar refractivity (Wildman–Crippen MR) is 38.9 cm³/mol. The summed E-state index contributed by atoms with van der Waals surface area (Å²) in [5, 5.41) is 17.0. The lowest BCUT2D eigenvalue weighted by Gasteiger charge is -2.09. The van der Waals surface area contributed by atoms with E-state index < -0.39 is 12.1 Å². The van der Waals surface area contributed by atoms with Gasteiger partial charge in [0.25, 0.3) is 0 Å². The maximum absolute atomic E-state index is 10.6. The quantitative estimate of drug-likeness (QED) is 0.428. The van der Waals surface area contributed by atoms with Crippen molar-refractivity contribution in [3.05, 3.63) is 12.2 Å². The van der Waals surface area contributed by atoms with Gasteiger partial charge in [-0.2, -0.15) is 0 Å². The smallest absolute Gasteiger partial charge is 0.330 e. The second kappa shape index (κ2) is 5.88. The van der Waals surface area contributed by atoms with Gasteiger partial charge in [-0.1, -0.05) is 6.08 Å². The van der Waals surface area contributed by atoms with Gasteiger partial charge in [0.2, 0.25) is 0 Å². The van der Waals surface area contributed by atoms with Crippen LogP contribution in [0.25, 0.3) is 0 Å². The Hall–Kier alpha value is -0.870. The fraction of sp³-hybridized carbons (Fsp3) is 0.571. The number of hydrogen-bond donors (Lipinski definition) is 2. The summed E-state index contributed by atoms with van der Waals surface area (Å²) in [6.45, 7) is 0.952. The van der Waals surface area contributed by atoms with Crippen LogP contribution in [0.1, 0.15) is 6.92 Å². The van der Waals surface area contributed by atoms with Gasteiger partial charge in [0.05, 0.1) is 13.2 Å². The van der Waals surface area contributed by atoms with Crippen LogP contribution in [0.2, 0.25) is 0 Å². The average molecular weight is 160 g/mol. The minimum atomic E-state index is -0.807. The number of esters is 1. The van der Waals surface area contributed by atoms with Crippen molar-refractivity contribution in [3.63, 3.8) is 0 Å². The summed E-state index contributed by atoms with van der Waals surface area (Å²) < 4.78 is 4.56. The molecule has 0 saturated carbocycles. The lowest BCUT2D eigenvalue weighted by Crippen LogP contribution is -2.24. The van der Waals surface area contributed by atoms with E-state index >= 15 is 0 Å². The summed E-state index contributed by atoms with van der Waals surface area (Å²) in [5.41, 5.74) is 0. The van der Waals surface area contributed by atoms with Crippen LogP contribution in [0, 0.1) is 0 Å². The Bertz CT molecular complexity index is 137. The Labute approximate surface area is 65.1 Å². The molecule has 0 unspecified atom stereocenters. The first kappa shape index (κ1) is 10.1. The van der Waals surface area contributed by atoms with Gasteiger partial charge >= 0.3 is 5.97 Å². The molecule has 0 aromatic heterocycles. The molecule has 0 amide bonds. The summed E-state index contributed by atoms with van der Waals surface area (Å²) >= 11 is 0. The minimum absolute atomic E-state index is 0.361.